The molecule has 6 aliphatic rings. The zero-order chi connectivity index (χ0) is 45.8. The van der Waals surface area contributed by atoms with Crippen LogP contribution in [-0.2, 0) is 28.5 Å². The van der Waals surface area contributed by atoms with Crippen molar-refractivity contribution in [1.82, 2.24) is 9.88 Å². The highest BCUT2D eigenvalue weighted by atomic mass is 35.5. The van der Waals surface area contributed by atoms with Gasteiger partial charge >= 0.3 is 5.97 Å². The number of anilines is 1. The minimum atomic E-state index is -1.85. The first-order valence-corrected chi connectivity index (χ1v) is 21.1. The molecule has 2 aromatic rings. The number of esters is 1. The van der Waals surface area contributed by atoms with E-state index in [0.29, 0.717) is 18.9 Å². The lowest BCUT2D eigenvalue weighted by Crippen LogP contribution is -2.46. The highest BCUT2D eigenvalue weighted by Crippen LogP contribution is 2.54. The van der Waals surface area contributed by atoms with Gasteiger partial charge in [-0.15, -0.1) is 0 Å². The van der Waals surface area contributed by atoms with Gasteiger partial charge in [0, 0.05) is 73.4 Å². The molecule has 10 atom stereocenters. The molecule has 1 saturated heterocycles. The number of benzene rings is 3. The monoisotopic (exact) mass is 891 g/mol. The number of likely N-dealkylation sites (N-methyl/N-ethyl adjacent to an activating group) is 1. The van der Waals surface area contributed by atoms with Crippen LogP contribution < -0.4 is 20.2 Å². The number of aliphatic hydroxyl groups is 2. The Kier molecular flexibility index (Phi) is 12.9. The molecule has 1 fully saturated rings. The van der Waals surface area contributed by atoms with E-state index >= 15 is 0 Å². The number of allylic oxidation sites excluding steroid dienone is 2. The number of aliphatic hydroxyl groups excluding tert-OH is 2. The van der Waals surface area contributed by atoms with Crippen LogP contribution in [0.5, 0.6) is 17.2 Å². The van der Waals surface area contributed by atoms with Gasteiger partial charge < -0.3 is 58.4 Å². The van der Waals surface area contributed by atoms with Crippen molar-refractivity contribution in [1.29, 1.82) is 0 Å². The predicted molar refractivity (Wildman–Crippen MR) is 234 cm³/mol. The van der Waals surface area contributed by atoms with Gasteiger partial charge in [-0.05, 0) is 40.1 Å². The molecule has 5 heterocycles. The lowest BCUT2D eigenvalue weighted by molar-refractivity contribution is -0.181. The van der Waals surface area contributed by atoms with E-state index in [1.54, 1.807) is 38.1 Å². The molecule has 1 unspecified atom stereocenters. The van der Waals surface area contributed by atoms with Gasteiger partial charge in [0.1, 0.15) is 53.0 Å². The number of halogens is 1. The van der Waals surface area contributed by atoms with Crippen LogP contribution in [0.3, 0.4) is 0 Å². The van der Waals surface area contributed by atoms with Crippen molar-refractivity contribution in [3.63, 3.8) is 0 Å². The number of carbonyl (C=O) groups is 2. The summed E-state index contributed by atoms with van der Waals surface area (Å²) < 4.78 is 43.0. The summed E-state index contributed by atoms with van der Waals surface area (Å²) in [5, 5.41) is 38.2. The van der Waals surface area contributed by atoms with Crippen LogP contribution in [-0.4, -0.2) is 108 Å². The molecule has 0 radical (unpaired) electrons. The second kappa shape index (κ2) is 17.7. The zero-order valence-electron chi connectivity index (χ0n) is 36.8. The first-order valence-electron chi connectivity index (χ1n) is 20.8. The first kappa shape index (κ1) is 45.8. The number of rotatable bonds is 6. The smallest absolute Gasteiger partial charge is 0.303 e. The van der Waals surface area contributed by atoms with Gasteiger partial charge in [-0.2, -0.15) is 0 Å². The average Bonchev–Trinajstić information content (AvgIpc) is 3.67. The Morgan fingerprint density at radius 2 is 1.79 bits per heavy atom. The quantitative estimate of drug-likeness (QED) is 0.0971. The molecule has 0 saturated carbocycles. The second-order valence-electron chi connectivity index (χ2n) is 17.0. The number of fused-ring (bicyclic) bond motifs is 9. The number of hydrogen-bond donors (Lipinski definition) is 4. The molecule has 7 bridgehead atoms. The van der Waals surface area contributed by atoms with Crippen molar-refractivity contribution in [3.8, 4) is 28.7 Å². The van der Waals surface area contributed by atoms with Crippen LogP contribution in [0.15, 0.2) is 57.5 Å². The number of amides is 1. The van der Waals surface area contributed by atoms with E-state index in [1.807, 2.05) is 38.9 Å². The average molecular weight is 892 g/mol. The summed E-state index contributed by atoms with van der Waals surface area (Å²) in [4.78, 5) is 48.0. The molecule has 8 rings (SSSR count). The number of methoxy groups -OCH3 is 1. The Bertz CT molecular complexity index is 2570. The molecule has 0 aromatic heterocycles. The fraction of sp³-hybridized carbons (Fsp3) is 0.478. The van der Waals surface area contributed by atoms with Crippen LogP contribution in [0.1, 0.15) is 58.8 Å². The normalized spacial score (nSPS) is 30.7. The number of hydrogen-bond acceptors (Lipinski definition) is 15. The number of nitrogens with zero attached hydrogens (tertiary/aromatic N) is 2. The number of phenols is 1. The number of aromatic hydroxyl groups is 1. The molecule has 5 aliphatic heterocycles. The van der Waals surface area contributed by atoms with Gasteiger partial charge in [0.15, 0.2) is 17.4 Å². The van der Waals surface area contributed by atoms with Gasteiger partial charge in [-0.25, -0.2) is 4.98 Å². The van der Waals surface area contributed by atoms with Crippen LogP contribution in [0.25, 0.3) is 33.3 Å². The molecule has 1 amide bonds. The minimum Gasteiger partial charge on any atom is -0.507 e. The van der Waals surface area contributed by atoms with E-state index in [1.165, 1.54) is 40.2 Å². The van der Waals surface area contributed by atoms with Crippen molar-refractivity contribution >= 4 is 51.0 Å². The van der Waals surface area contributed by atoms with Crippen molar-refractivity contribution in [2.24, 2.45) is 17.8 Å². The van der Waals surface area contributed by atoms with E-state index < -0.39 is 71.4 Å². The maximum atomic E-state index is 14.8. The Hall–Kier alpha value is -5.23. The number of ether oxygens (including phenoxy) is 6. The molecule has 4 N–H and O–H groups in total. The maximum absolute atomic E-state index is 14.8. The summed E-state index contributed by atoms with van der Waals surface area (Å²) in [5.74, 6) is -4.66. The topological polar surface area (TPSA) is 209 Å². The standard InChI is InChI=1S/C46H54ClN3O13/c1-20-12-11-13-21(2)45(56)49-35-38(54)32-31(34-42(35)61-30-19-29(58-17-15-50(8)9)26(47)18-27(30)48-34)33-40(23(4)36(32)52)63-46(7,44(33)55)59-16-14-28(57-10)22(3)41(60-25(6)51)43-37(53)24(5)39(20)62-43/h11-14,16,18-20,22,24,28,37,39,41,43-44,52-53,55H,15,17H2,1-10H3,(H,49,56)/b12-11+,16-14+,21-13-/t20-,22+,24-,28-,37+,39-,41+,43+,44?,46-/m0/s1. The number of carbonyl (C=O) groups excluding carboxylic acids is 2. The van der Waals surface area contributed by atoms with Gasteiger partial charge in [0.25, 0.3) is 11.7 Å². The summed E-state index contributed by atoms with van der Waals surface area (Å²) in [6.45, 7) is 12.3. The third-order valence-electron chi connectivity index (χ3n) is 12.2. The fourth-order valence-corrected chi connectivity index (χ4v) is 8.80. The summed E-state index contributed by atoms with van der Waals surface area (Å²) in [6, 6.07) is 3.08. The summed E-state index contributed by atoms with van der Waals surface area (Å²) in [6.07, 6.45) is 2.12. The fourth-order valence-electron chi connectivity index (χ4n) is 8.58. The van der Waals surface area contributed by atoms with Gasteiger partial charge in [0.05, 0.1) is 35.0 Å². The minimum absolute atomic E-state index is 0.000939. The molecular weight excluding hydrogens is 838 g/mol. The van der Waals surface area contributed by atoms with E-state index in [4.69, 9.17) is 49.4 Å². The first-order chi connectivity index (χ1) is 29.8. The van der Waals surface area contributed by atoms with Gasteiger partial charge in [-0.3, -0.25) is 14.4 Å². The Labute approximate surface area is 369 Å². The zero-order valence-corrected chi connectivity index (χ0v) is 37.6. The molecule has 0 spiro atoms. The highest BCUT2D eigenvalue weighted by Gasteiger charge is 2.51. The molecule has 63 heavy (non-hydrogen) atoms. The van der Waals surface area contributed by atoms with Crippen molar-refractivity contribution in [2.45, 2.75) is 90.9 Å². The van der Waals surface area contributed by atoms with E-state index in [-0.39, 0.29) is 78.3 Å². The van der Waals surface area contributed by atoms with Crippen LogP contribution in [0, 0.1) is 24.7 Å². The van der Waals surface area contributed by atoms with Gasteiger partial charge in [-0.1, -0.05) is 50.6 Å². The largest absolute Gasteiger partial charge is 0.507 e. The summed E-state index contributed by atoms with van der Waals surface area (Å²) in [7, 11) is 5.27. The summed E-state index contributed by atoms with van der Waals surface area (Å²) in [5.41, 5.74) is -0.326. The van der Waals surface area contributed by atoms with Crippen LogP contribution in [0.4, 0.5) is 5.69 Å². The Morgan fingerprint density at radius 1 is 1.06 bits per heavy atom. The molecule has 16 nitrogen and oxygen atoms in total. The lowest BCUT2D eigenvalue weighted by atomic mass is 9.86. The third kappa shape index (κ3) is 8.35. The van der Waals surface area contributed by atoms with E-state index in [9.17, 15) is 29.7 Å². The predicted octanol–water partition coefficient (Wildman–Crippen LogP) is 6.16. The van der Waals surface area contributed by atoms with Crippen molar-refractivity contribution < 1.29 is 57.7 Å². The SMILES string of the molecule is CO[C@H]1/C=C/O[C@@]2(C)Oc3c(C)c(O)c4c(=O)c(c5oc6cc(OCCN(C)C)c(Cl)cc6nc-5c4c3C2O)NC(=O)/C(C)=C\C=C\[C@H](C)[C@@H]2O[C@H]([C@H](O)[C@@H]2C)[C@H](OC(C)=O)[C@@H]1C. The number of aromatic nitrogens is 1. The molecule has 2 aromatic carbocycles. The molecule has 17 heteroatoms. The van der Waals surface area contributed by atoms with Gasteiger partial charge in [0.2, 0.25) is 5.43 Å². The number of nitrogens with one attached hydrogen (secondary N) is 1. The second-order valence-corrected chi connectivity index (χ2v) is 17.4. The highest BCUT2D eigenvalue weighted by molar-refractivity contribution is 6.32. The molecule has 338 valence electrons. The Balaban J connectivity index is 1.44. The Morgan fingerprint density at radius 3 is 2.48 bits per heavy atom. The van der Waals surface area contributed by atoms with Crippen molar-refractivity contribution in [3.05, 3.63) is 74.6 Å². The lowest BCUT2D eigenvalue weighted by Gasteiger charge is -2.33. The van der Waals surface area contributed by atoms with E-state index in [0.717, 1.165) is 0 Å². The van der Waals surface area contributed by atoms with E-state index in [2.05, 4.69) is 5.32 Å². The molecular formula is C46H54ClN3O13. The van der Waals surface area contributed by atoms with Crippen molar-refractivity contribution in [2.75, 3.05) is 39.7 Å². The van der Waals surface area contributed by atoms with Crippen LogP contribution in [0.2, 0.25) is 5.02 Å². The van der Waals surface area contributed by atoms with Crippen LogP contribution >= 0.6 is 11.6 Å². The maximum Gasteiger partial charge on any atom is 0.303 e. The third-order valence-corrected chi connectivity index (χ3v) is 12.5. The number of phenolic OH excluding ortho intramolecular Hbond substituents is 1. The summed E-state index contributed by atoms with van der Waals surface area (Å²) >= 11 is 6.68. The molecule has 1 aliphatic carbocycles.